The first-order valence-electron chi connectivity index (χ1n) is 9.05. The number of benzene rings is 1. The lowest BCUT2D eigenvalue weighted by atomic mass is 9.75. The van der Waals surface area contributed by atoms with Crippen LogP contribution >= 0.6 is 0 Å². The molecule has 134 valence electrons. The van der Waals surface area contributed by atoms with E-state index in [0.29, 0.717) is 11.6 Å². The SMILES string of the molecule is Cc1ccc2[nH]c(C(=O)N[C@H](Cc3ccncc3)C3CC(O)C3)cc2c1. The summed E-state index contributed by atoms with van der Waals surface area (Å²) in [6.45, 7) is 2.04. The number of hydrogen-bond acceptors (Lipinski definition) is 3. The zero-order chi connectivity index (χ0) is 18.1. The van der Waals surface area contributed by atoms with Gasteiger partial charge in [0.05, 0.1) is 6.10 Å². The van der Waals surface area contributed by atoms with E-state index in [-0.39, 0.29) is 18.1 Å². The molecule has 1 fully saturated rings. The summed E-state index contributed by atoms with van der Waals surface area (Å²) in [5.41, 5.74) is 3.84. The number of aryl methyl sites for hydroxylation is 1. The molecule has 0 spiro atoms. The number of fused-ring (bicyclic) bond motifs is 1. The van der Waals surface area contributed by atoms with Crippen molar-refractivity contribution >= 4 is 16.8 Å². The molecule has 1 aromatic carbocycles. The van der Waals surface area contributed by atoms with E-state index in [2.05, 4.69) is 21.4 Å². The van der Waals surface area contributed by atoms with Crippen molar-refractivity contribution in [3.05, 3.63) is 65.6 Å². The number of carbonyl (C=O) groups is 1. The first-order chi connectivity index (χ1) is 12.6. The van der Waals surface area contributed by atoms with Gasteiger partial charge in [-0.25, -0.2) is 0 Å². The minimum Gasteiger partial charge on any atom is -0.393 e. The second kappa shape index (κ2) is 6.92. The molecule has 26 heavy (non-hydrogen) atoms. The van der Waals surface area contributed by atoms with E-state index in [4.69, 9.17) is 0 Å². The Kier molecular flexibility index (Phi) is 4.47. The van der Waals surface area contributed by atoms with Gasteiger partial charge in [0, 0.05) is 29.3 Å². The molecule has 1 amide bonds. The molecule has 5 nitrogen and oxygen atoms in total. The lowest BCUT2D eigenvalue weighted by Gasteiger charge is -2.38. The Morgan fingerprint density at radius 1 is 1.27 bits per heavy atom. The number of rotatable bonds is 5. The fourth-order valence-electron chi connectivity index (χ4n) is 3.69. The molecule has 1 aliphatic rings. The lowest BCUT2D eigenvalue weighted by molar-refractivity contribution is 0.0239. The number of aromatic nitrogens is 2. The zero-order valence-corrected chi connectivity index (χ0v) is 14.8. The third-order valence-corrected chi connectivity index (χ3v) is 5.26. The van der Waals surface area contributed by atoms with E-state index in [1.165, 1.54) is 5.56 Å². The average molecular weight is 349 g/mol. The molecule has 1 atom stereocenters. The standard InChI is InChI=1S/C21H23N3O2/c1-13-2-3-18-15(8-13)12-20(23-18)21(26)24-19(16-10-17(25)11-16)9-14-4-6-22-7-5-14/h2-8,12,16-17,19,23,25H,9-11H2,1H3,(H,24,26)/t16?,17?,19-/m1/s1. The van der Waals surface area contributed by atoms with Crippen LogP contribution in [0.3, 0.4) is 0 Å². The van der Waals surface area contributed by atoms with Crippen LogP contribution in [0.15, 0.2) is 48.8 Å². The third kappa shape index (κ3) is 3.48. The monoisotopic (exact) mass is 349 g/mol. The molecular formula is C21H23N3O2. The van der Waals surface area contributed by atoms with Crippen molar-refractivity contribution in [1.82, 2.24) is 15.3 Å². The fraction of sp³-hybridized carbons (Fsp3) is 0.333. The van der Waals surface area contributed by atoms with Crippen molar-refractivity contribution in [2.24, 2.45) is 5.92 Å². The van der Waals surface area contributed by atoms with E-state index in [0.717, 1.165) is 35.7 Å². The van der Waals surface area contributed by atoms with Crippen LogP contribution in [0.5, 0.6) is 0 Å². The topological polar surface area (TPSA) is 78.0 Å². The molecule has 3 N–H and O–H groups in total. The summed E-state index contributed by atoms with van der Waals surface area (Å²) >= 11 is 0. The van der Waals surface area contributed by atoms with Gasteiger partial charge in [0.15, 0.2) is 0 Å². The van der Waals surface area contributed by atoms with Crippen LogP contribution in [-0.2, 0) is 6.42 Å². The fourth-order valence-corrected chi connectivity index (χ4v) is 3.69. The Bertz CT molecular complexity index is 913. The molecule has 2 aromatic heterocycles. The first-order valence-corrected chi connectivity index (χ1v) is 9.05. The van der Waals surface area contributed by atoms with Crippen molar-refractivity contribution in [1.29, 1.82) is 0 Å². The number of carbonyl (C=O) groups excluding carboxylic acids is 1. The Labute approximate surface area is 152 Å². The number of nitrogens with one attached hydrogen (secondary N) is 2. The molecule has 0 saturated heterocycles. The van der Waals surface area contributed by atoms with E-state index >= 15 is 0 Å². The highest BCUT2D eigenvalue weighted by atomic mass is 16.3. The van der Waals surface area contributed by atoms with E-state index in [9.17, 15) is 9.90 Å². The Morgan fingerprint density at radius 2 is 2.04 bits per heavy atom. The van der Waals surface area contributed by atoms with Gasteiger partial charge >= 0.3 is 0 Å². The van der Waals surface area contributed by atoms with Crippen LogP contribution < -0.4 is 5.32 Å². The van der Waals surface area contributed by atoms with Gasteiger partial charge in [-0.05, 0) is 68.0 Å². The molecule has 1 saturated carbocycles. The third-order valence-electron chi connectivity index (χ3n) is 5.26. The Morgan fingerprint density at radius 3 is 2.77 bits per heavy atom. The predicted molar refractivity (Wildman–Crippen MR) is 101 cm³/mol. The Balaban J connectivity index is 1.52. The van der Waals surface area contributed by atoms with Crippen LogP contribution in [0.1, 0.15) is 34.5 Å². The minimum absolute atomic E-state index is 0.00134. The summed E-state index contributed by atoms with van der Waals surface area (Å²) in [6, 6.07) is 11.9. The molecule has 0 aliphatic heterocycles. The normalized spacial score (nSPS) is 20.5. The lowest BCUT2D eigenvalue weighted by Crippen LogP contribution is -2.48. The maximum atomic E-state index is 12.8. The zero-order valence-electron chi connectivity index (χ0n) is 14.8. The smallest absolute Gasteiger partial charge is 0.267 e. The van der Waals surface area contributed by atoms with Crippen LogP contribution in [-0.4, -0.2) is 33.1 Å². The maximum absolute atomic E-state index is 12.8. The molecule has 1 aliphatic carbocycles. The van der Waals surface area contributed by atoms with Crippen molar-refractivity contribution in [3.63, 3.8) is 0 Å². The van der Waals surface area contributed by atoms with Gasteiger partial charge in [-0.3, -0.25) is 9.78 Å². The van der Waals surface area contributed by atoms with Crippen molar-refractivity contribution < 1.29 is 9.90 Å². The van der Waals surface area contributed by atoms with Crippen LogP contribution in [0, 0.1) is 12.8 Å². The highest BCUT2D eigenvalue weighted by Gasteiger charge is 2.35. The number of aliphatic hydroxyl groups is 1. The number of aromatic amines is 1. The molecule has 0 bridgehead atoms. The maximum Gasteiger partial charge on any atom is 0.267 e. The summed E-state index contributed by atoms with van der Waals surface area (Å²) in [5.74, 6) is 0.202. The molecular weight excluding hydrogens is 326 g/mol. The van der Waals surface area contributed by atoms with Gasteiger partial charge in [0.2, 0.25) is 0 Å². The highest BCUT2D eigenvalue weighted by Crippen LogP contribution is 2.32. The van der Waals surface area contributed by atoms with Gasteiger partial charge in [-0.1, -0.05) is 11.6 Å². The summed E-state index contributed by atoms with van der Waals surface area (Å²) in [5, 5.41) is 13.9. The van der Waals surface area contributed by atoms with Crippen LogP contribution in [0.4, 0.5) is 0 Å². The van der Waals surface area contributed by atoms with Gasteiger partial charge in [0.25, 0.3) is 5.91 Å². The van der Waals surface area contributed by atoms with Crippen LogP contribution in [0.2, 0.25) is 0 Å². The quantitative estimate of drug-likeness (QED) is 0.663. The second-order valence-electron chi connectivity index (χ2n) is 7.30. The van der Waals surface area contributed by atoms with Crippen molar-refractivity contribution in [3.8, 4) is 0 Å². The molecule has 4 rings (SSSR count). The molecule has 3 aromatic rings. The Hall–Kier alpha value is -2.66. The van der Waals surface area contributed by atoms with Gasteiger partial charge in [-0.15, -0.1) is 0 Å². The second-order valence-corrected chi connectivity index (χ2v) is 7.30. The average Bonchev–Trinajstić information content (AvgIpc) is 3.02. The highest BCUT2D eigenvalue weighted by molar-refractivity contribution is 5.98. The number of pyridine rings is 1. The molecule has 0 radical (unpaired) electrons. The summed E-state index contributed by atoms with van der Waals surface area (Å²) in [4.78, 5) is 20.1. The van der Waals surface area contributed by atoms with Crippen molar-refractivity contribution in [2.75, 3.05) is 0 Å². The van der Waals surface area contributed by atoms with Gasteiger partial charge in [0.1, 0.15) is 5.69 Å². The van der Waals surface area contributed by atoms with E-state index in [1.54, 1.807) is 12.4 Å². The first kappa shape index (κ1) is 16.8. The van der Waals surface area contributed by atoms with Crippen molar-refractivity contribution in [2.45, 2.75) is 38.3 Å². The molecule has 0 unspecified atom stereocenters. The number of hydrogen-bond donors (Lipinski definition) is 3. The number of nitrogens with zero attached hydrogens (tertiary/aromatic N) is 1. The summed E-state index contributed by atoms with van der Waals surface area (Å²) in [7, 11) is 0. The number of aliphatic hydroxyl groups excluding tert-OH is 1. The minimum atomic E-state index is -0.243. The summed E-state index contributed by atoms with van der Waals surface area (Å²) in [6.07, 6.45) is 5.51. The predicted octanol–water partition coefficient (Wildman–Crippen LogP) is 2.98. The van der Waals surface area contributed by atoms with E-state index < -0.39 is 0 Å². The molecule has 2 heterocycles. The molecule has 5 heteroatoms. The number of amides is 1. The van der Waals surface area contributed by atoms with Gasteiger partial charge in [-0.2, -0.15) is 0 Å². The van der Waals surface area contributed by atoms with Gasteiger partial charge < -0.3 is 15.4 Å². The summed E-state index contributed by atoms with van der Waals surface area (Å²) < 4.78 is 0. The van der Waals surface area contributed by atoms with E-state index in [1.807, 2.05) is 37.3 Å². The largest absolute Gasteiger partial charge is 0.393 e. The number of H-pyrrole nitrogens is 1. The van der Waals surface area contributed by atoms with Crippen LogP contribution in [0.25, 0.3) is 10.9 Å².